The minimum absolute atomic E-state index is 0.0251. The third-order valence-electron chi connectivity index (χ3n) is 3.24. The zero-order valence-electron chi connectivity index (χ0n) is 11.8. The van der Waals surface area contributed by atoms with Gasteiger partial charge in [0.15, 0.2) is 0 Å². The van der Waals surface area contributed by atoms with Crippen LogP contribution in [0.5, 0.6) is 0 Å². The Balaban J connectivity index is 2.48. The van der Waals surface area contributed by atoms with Gasteiger partial charge in [-0.1, -0.05) is 43.7 Å². The lowest BCUT2D eigenvalue weighted by atomic mass is 10.0. The molecule has 0 saturated heterocycles. The number of likely N-dealkylation sites (N-methyl/N-ethyl adjacent to an activating group) is 1. The first-order valence-electron chi connectivity index (χ1n) is 6.48. The number of benzene rings is 1. The Morgan fingerprint density at radius 2 is 1.83 bits per heavy atom. The molecule has 1 aromatic carbocycles. The second kappa shape index (κ2) is 6.55. The number of nitrogens with zero attached hydrogens (tertiary/aromatic N) is 1. The van der Waals surface area contributed by atoms with Crippen molar-refractivity contribution >= 4 is 5.91 Å². The molecule has 0 saturated carbocycles. The smallest absolute Gasteiger partial charge is 0.239 e. The predicted octanol–water partition coefficient (Wildman–Crippen LogP) is 1.98. The van der Waals surface area contributed by atoms with Gasteiger partial charge >= 0.3 is 0 Å². The van der Waals surface area contributed by atoms with Crippen LogP contribution < -0.4 is 5.73 Å². The van der Waals surface area contributed by atoms with Crippen LogP contribution in [0.2, 0.25) is 0 Å². The molecule has 0 aliphatic heterocycles. The average molecular weight is 248 g/mol. The maximum Gasteiger partial charge on any atom is 0.239 e. The van der Waals surface area contributed by atoms with Gasteiger partial charge in [0.25, 0.3) is 0 Å². The van der Waals surface area contributed by atoms with Gasteiger partial charge in [0.1, 0.15) is 0 Å². The Kier molecular flexibility index (Phi) is 5.35. The summed E-state index contributed by atoms with van der Waals surface area (Å²) < 4.78 is 0. The quantitative estimate of drug-likeness (QED) is 0.866. The predicted molar refractivity (Wildman–Crippen MR) is 75.3 cm³/mol. The summed E-state index contributed by atoms with van der Waals surface area (Å²) in [7, 11) is 1.82. The van der Waals surface area contributed by atoms with Crippen LogP contribution in [0.1, 0.15) is 25.0 Å². The van der Waals surface area contributed by atoms with Gasteiger partial charge in [-0.15, -0.1) is 0 Å². The standard InChI is InChI=1S/C15H24N2O/c1-11(2)14(16)15(18)17(4)10-9-13-7-5-12(3)6-8-13/h5-8,11,14H,9-10,16H2,1-4H3. The Morgan fingerprint density at radius 3 is 2.33 bits per heavy atom. The van der Waals surface area contributed by atoms with Crippen LogP contribution in [0.4, 0.5) is 0 Å². The fourth-order valence-corrected chi connectivity index (χ4v) is 1.70. The lowest BCUT2D eigenvalue weighted by molar-refractivity contribution is -0.132. The molecule has 1 unspecified atom stereocenters. The zero-order valence-corrected chi connectivity index (χ0v) is 11.8. The minimum atomic E-state index is -0.395. The van der Waals surface area contributed by atoms with E-state index in [0.717, 1.165) is 6.42 Å². The van der Waals surface area contributed by atoms with Crippen molar-refractivity contribution in [3.63, 3.8) is 0 Å². The zero-order chi connectivity index (χ0) is 13.7. The van der Waals surface area contributed by atoms with Gasteiger partial charge < -0.3 is 10.6 Å². The molecule has 0 bridgehead atoms. The molecule has 18 heavy (non-hydrogen) atoms. The largest absolute Gasteiger partial charge is 0.344 e. The summed E-state index contributed by atoms with van der Waals surface area (Å²) in [5.41, 5.74) is 8.36. The van der Waals surface area contributed by atoms with Crippen LogP contribution >= 0.6 is 0 Å². The van der Waals surface area contributed by atoms with Gasteiger partial charge in [0.05, 0.1) is 6.04 Å². The average Bonchev–Trinajstić information content (AvgIpc) is 2.35. The van der Waals surface area contributed by atoms with E-state index < -0.39 is 6.04 Å². The SMILES string of the molecule is Cc1ccc(CCN(C)C(=O)C(N)C(C)C)cc1. The summed E-state index contributed by atoms with van der Waals surface area (Å²) in [6, 6.07) is 8.01. The number of carbonyl (C=O) groups excluding carboxylic acids is 1. The lowest BCUT2D eigenvalue weighted by Gasteiger charge is -2.23. The summed E-state index contributed by atoms with van der Waals surface area (Å²) in [6.45, 7) is 6.72. The fraction of sp³-hybridized carbons (Fsp3) is 0.533. The highest BCUT2D eigenvalue weighted by molar-refractivity contribution is 5.81. The molecular weight excluding hydrogens is 224 g/mol. The van der Waals surface area contributed by atoms with E-state index in [1.54, 1.807) is 4.90 Å². The molecule has 3 nitrogen and oxygen atoms in total. The number of hydrogen-bond donors (Lipinski definition) is 1. The van der Waals surface area contributed by atoms with Crippen LogP contribution in [0.3, 0.4) is 0 Å². The van der Waals surface area contributed by atoms with Crippen LogP contribution in [0.25, 0.3) is 0 Å². The number of hydrogen-bond acceptors (Lipinski definition) is 2. The van der Waals surface area contributed by atoms with E-state index >= 15 is 0 Å². The topological polar surface area (TPSA) is 46.3 Å². The molecule has 0 aliphatic rings. The summed E-state index contributed by atoms with van der Waals surface area (Å²) in [5, 5.41) is 0. The fourth-order valence-electron chi connectivity index (χ4n) is 1.70. The molecular formula is C15H24N2O. The molecule has 0 fully saturated rings. The summed E-state index contributed by atoms with van der Waals surface area (Å²) in [6.07, 6.45) is 0.868. The van der Waals surface area contributed by atoms with E-state index in [4.69, 9.17) is 5.73 Å². The van der Waals surface area contributed by atoms with Gasteiger partial charge in [-0.3, -0.25) is 4.79 Å². The normalized spacial score (nSPS) is 12.6. The van der Waals surface area contributed by atoms with Gasteiger partial charge in [-0.25, -0.2) is 0 Å². The van der Waals surface area contributed by atoms with Crippen molar-refractivity contribution in [1.82, 2.24) is 4.90 Å². The molecule has 2 N–H and O–H groups in total. The van der Waals surface area contributed by atoms with Crippen molar-refractivity contribution in [2.45, 2.75) is 33.2 Å². The molecule has 0 aliphatic carbocycles. The first-order valence-corrected chi connectivity index (χ1v) is 6.48. The molecule has 1 rings (SSSR count). The third-order valence-corrected chi connectivity index (χ3v) is 3.24. The maximum atomic E-state index is 12.0. The number of rotatable bonds is 5. The highest BCUT2D eigenvalue weighted by Gasteiger charge is 2.20. The third kappa shape index (κ3) is 4.15. The van der Waals surface area contributed by atoms with Gasteiger partial charge in [-0.05, 0) is 24.8 Å². The van der Waals surface area contributed by atoms with Crippen molar-refractivity contribution in [2.75, 3.05) is 13.6 Å². The molecule has 1 aromatic rings. The molecule has 0 radical (unpaired) electrons. The number of nitrogens with two attached hydrogens (primary N) is 1. The van der Waals surface area contributed by atoms with Crippen LogP contribution in [-0.4, -0.2) is 30.4 Å². The lowest BCUT2D eigenvalue weighted by Crippen LogP contribution is -2.45. The molecule has 1 atom stereocenters. The van der Waals surface area contributed by atoms with Crippen molar-refractivity contribution < 1.29 is 4.79 Å². The molecule has 0 heterocycles. The van der Waals surface area contributed by atoms with E-state index in [1.165, 1.54) is 11.1 Å². The van der Waals surface area contributed by atoms with Crippen LogP contribution in [-0.2, 0) is 11.2 Å². The number of carbonyl (C=O) groups is 1. The summed E-state index contributed by atoms with van der Waals surface area (Å²) >= 11 is 0. The molecule has 3 heteroatoms. The van der Waals surface area contributed by atoms with Gasteiger partial charge in [0.2, 0.25) is 5.91 Å². The Labute approximate surface area is 110 Å². The highest BCUT2D eigenvalue weighted by atomic mass is 16.2. The Bertz CT molecular complexity index is 384. The first-order chi connectivity index (χ1) is 8.41. The second-order valence-corrected chi connectivity index (χ2v) is 5.27. The number of amides is 1. The van der Waals surface area contributed by atoms with E-state index in [0.29, 0.717) is 6.54 Å². The Hall–Kier alpha value is -1.35. The highest BCUT2D eigenvalue weighted by Crippen LogP contribution is 2.06. The van der Waals surface area contributed by atoms with Crippen LogP contribution in [0.15, 0.2) is 24.3 Å². The Morgan fingerprint density at radius 1 is 1.28 bits per heavy atom. The van der Waals surface area contributed by atoms with E-state index in [1.807, 2.05) is 20.9 Å². The minimum Gasteiger partial charge on any atom is -0.344 e. The van der Waals surface area contributed by atoms with Crippen molar-refractivity contribution in [2.24, 2.45) is 11.7 Å². The summed E-state index contributed by atoms with van der Waals surface area (Å²) in [5.74, 6) is 0.205. The molecule has 1 amide bonds. The van der Waals surface area contributed by atoms with E-state index in [9.17, 15) is 4.79 Å². The number of aryl methyl sites for hydroxylation is 1. The van der Waals surface area contributed by atoms with E-state index in [2.05, 4.69) is 31.2 Å². The molecule has 0 spiro atoms. The maximum absolute atomic E-state index is 12.0. The van der Waals surface area contributed by atoms with Gasteiger partial charge in [-0.2, -0.15) is 0 Å². The molecule has 0 aromatic heterocycles. The monoisotopic (exact) mass is 248 g/mol. The van der Waals surface area contributed by atoms with E-state index in [-0.39, 0.29) is 11.8 Å². The van der Waals surface area contributed by atoms with Gasteiger partial charge in [0, 0.05) is 13.6 Å². The van der Waals surface area contributed by atoms with Crippen molar-refractivity contribution in [1.29, 1.82) is 0 Å². The summed E-state index contributed by atoms with van der Waals surface area (Å²) in [4.78, 5) is 13.7. The van der Waals surface area contributed by atoms with Crippen molar-refractivity contribution in [3.8, 4) is 0 Å². The second-order valence-electron chi connectivity index (χ2n) is 5.27. The molecule has 100 valence electrons. The first kappa shape index (κ1) is 14.7. The van der Waals surface area contributed by atoms with Crippen LogP contribution in [0, 0.1) is 12.8 Å². The van der Waals surface area contributed by atoms with Crippen molar-refractivity contribution in [3.05, 3.63) is 35.4 Å².